The van der Waals surface area contributed by atoms with E-state index in [0.29, 0.717) is 0 Å². The van der Waals surface area contributed by atoms with Crippen LogP contribution in [0, 0.1) is 0 Å². The minimum Gasteiger partial charge on any atom is -0.478 e. The number of rotatable bonds is 5. The Morgan fingerprint density at radius 1 is 1.31 bits per heavy atom. The Morgan fingerprint density at radius 2 is 2.00 bits per heavy atom. The molecule has 0 bridgehead atoms. The highest BCUT2D eigenvalue weighted by molar-refractivity contribution is 8.00. The maximum atomic E-state index is 13.1. The van der Waals surface area contributed by atoms with Crippen LogP contribution in [0.3, 0.4) is 0 Å². The summed E-state index contributed by atoms with van der Waals surface area (Å²) < 4.78 is 39.2. The fourth-order valence-corrected chi connectivity index (χ4v) is 4.20. The van der Waals surface area contributed by atoms with Gasteiger partial charge in [0.1, 0.15) is 4.83 Å². The Bertz CT molecular complexity index is 1160. The van der Waals surface area contributed by atoms with E-state index in [0.717, 1.165) is 35.2 Å². The number of para-hydroxylation sites is 1. The Hall–Kier alpha value is -2.86. The number of aromatic carboxylic acids is 1. The van der Waals surface area contributed by atoms with Gasteiger partial charge < -0.3 is 15.4 Å². The number of H-pyrrole nitrogens is 1. The quantitative estimate of drug-likeness (QED) is 0.408. The van der Waals surface area contributed by atoms with E-state index >= 15 is 0 Å². The minimum absolute atomic E-state index is 0.0491. The number of hydrogen-bond acceptors (Lipinski definition) is 6. The highest BCUT2D eigenvalue weighted by Gasteiger charge is 2.34. The molecule has 1 atom stereocenters. The first-order chi connectivity index (χ1) is 13.6. The summed E-state index contributed by atoms with van der Waals surface area (Å²) in [6, 6.07) is 4.58. The van der Waals surface area contributed by atoms with Gasteiger partial charge in [-0.1, -0.05) is 23.9 Å². The topological polar surface area (TPSA) is 112 Å². The number of amides is 1. The Kier molecular flexibility index (Phi) is 5.66. The molecule has 152 valence electrons. The predicted octanol–water partition coefficient (Wildman–Crippen LogP) is 3.82. The molecule has 2 heterocycles. The number of nitrogens with one attached hydrogen (secondary N) is 2. The van der Waals surface area contributed by atoms with Crippen LogP contribution in [0.1, 0.15) is 22.8 Å². The van der Waals surface area contributed by atoms with Gasteiger partial charge in [0.05, 0.1) is 27.5 Å². The maximum Gasteiger partial charge on any atom is 0.418 e. The lowest BCUT2D eigenvalue weighted by Gasteiger charge is -2.15. The van der Waals surface area contributed by atoms with Crippen LogP contribution in [0.2, 0.25) is 0 Å². The van der Waals surface area contributed by atoms with Crippen LogP contribution < -0.4 is 10.9 Å². The number of hydrogen-bond donors (Lipinski definition) is 3. The van der Waals surface area contributed by atoms with Crippen LogP contribution in [0.4, 0.5) is 18.9 Å². The fourth-order valence-electron chi connectivity index (χ4n) is 2.44. The van der Waals surface area contributed by atoms with Crippen molar-refractivity contribution in [3.8, 4) is 0 Å². The number of nitrogens with zero attached hydrogens (tertiary/aromatic N) is 1. The number of alkyl halides is 3. The molecule has 1 aromatic carbocycles. The molecule has 0 radical (unpaired) electrons. The van der Waals surface area contributed by atoms with E-state index in [2.05, 4.69) is 15.3 Å². The summed E-state index contributed by atoms with van der Waals surface area (Å²) in [5.41, 5.74) is -2.20. The van der Waals surface area contributed by atoms with E-state index in [-0.39, 0.29) is 26.6 Å². The number of halogens is 3. The largest absolute Gasteiger partial charge is 0.478 e. The first-order valence-electron chi connectivity index (χ1n) is 7.96. The SMILES string of the molecule is CC(Sc1nc2scc(C(=O)O)c2c(=O)[nH]1)C(=O)Nc1ccccc1C(F)(F)F. The average molecular weight is 443 g/mol. The van der Waals surface area contributed by atoms with Gasteiger partial charge in [-0.2, -0.15) is 13.2 Å². The van der Waals surface area contributed by atoms with Gasteiger partial charge in [-0.3, -0.25) is 9.59 Å². The predicted molar refractivity (Wildman–Crippen MR) is 103 cm³/mol. The van der Waals surface area contributed by atoms with E-state index in [9.17, 15) is 27.6 Å². The van der Waals surface area contributed by atoms with Crippen molar-refractivity contribution in [3.63, 3.8) is 0 Å². The molecule has 3 N–H and O–H groups in total. The monoisotopic (exact) mass is 443 g/mol. The van der Waals surface area contributed by atoms with E-state index < -0.39 is 34.4 Å². The summed E-state index contributed by atoms with van der Waals surface area (Å²) >= 11 is 1.79. The molecular formula is C17H12F3N3O4S2. The molecule has 0 spiro atoms. The van der Waals surface area contributed by atoms with Crippen molar-refractivity contribution in [1.29, 1.82) is 0 Å². The van der Waals surface area contributed by atoms with E-state index in [1.54, 1.807) is 0 Å². The Labute approximate surface area is 169 Å². The maximum absolute atomic E-state index is 13.1. The molecule has 0 aliphatic heterocycles. The normalized spacial score (nSPS) is 12.7. The first kappa shape index (κ1) is 20.9. The number of anilines is 1. The number of thioether (sulfide) groups is 1. The van der Waals surface area contributed by atoms with Gasteiger partial charge in [0.15, 0.2) is 5.16 Å². The standard InChI is InChI=1S/C17H12F3N3O4S2/c1-7(12(24)21-10-5-3-2-4-9(10)17(18,19)20)29-16-22-13(25)11-8(15(26)27)6-28-14(11)23-16/h2-7H,1H3,(H,21,24)(H,26,27)(H,22,23,25). The summed E-state index contributed by atoms with van der Waals surface area (Å²) in [6.07, 6.45) is -4.63. The summed E-state index contributed by atoms with van der Waals surface area (Å²) in [5, 5.41) is 11.7. The number of carboxylic acids is 1. The van der Waals surface area contributed by atoms with Gasteiger partial charge in [0.25, 0.3) is 5.56 Å². The second-order valence-electron chi connectivity index (χ2n) is 5.80. The highest BCUT2D eigenvalue weighted by atomic mass is 32.2. The zero-order chi connectivity index (χ0) is 21.3. The van der Waals surface area contributed by atoms with Gasteiger partial charge in [0.2, 0.25) is 5.91 Å². The fraction of sp³-hybridized carbons (Fsp3) is 0.176. The number of carbonyl (C=O) groups excluding carboxylic acids is 1. The molecular weight excluding hydrogens is 431 g/mol. The van der Waals surface area contributed by atoms with Crippen molar-refractivity contribution in [2.75, 3.05) is 5.32 Å². The number of benzene rings is 1. The molecule has 1 unspecified atom stereocenters. The van der Waals surface area contributed by atoms with Gasteiger partial charge in [-0.05, 0) is 19.1 Å². The minimum atomic E-state index is -4.63. The number of thiophene rings is 1. The van der Waals surface area contributed by atoms with Crippen LogP contribution >= 0.6 is 23.1 Å². The molecule has 7 nitrogen and oxygen atoms in total. The third-order valence-corrected chi connectivity index (χ3v) is 5.66. The van der Waals surface area contributed by atoms with E-state index in [1.807, 2.05) is 0 Å². The van der Waals surface area contributed by atoms with Crippen LogP contribution in [0.25, 0.3) is 10.2 Å². The molecule has 0 fully saturated rings. The molecule has 0 saturated carbocycles. The Morgan fingerprint density at radius 3 is 2.66 bits per heavy atom. The third kappa shape index (κ3) is 4.43. The zero-order valence-corrected chi connectivity index (χ0v) is 16.2. The van der Waals surface area contributed by atoms with Gasteiger partial charge in [-0.15, -0.1) is 11.3 Å². The number of aromatic nitrogens is 2. The van der Waals surface area contributed by atoms with Gasteiger partial charge >= 0.3 is 12.1 Å². The molecule has 3 rings (SSSR count). The van der Waals surface area contributed by atoms with E-state index in [1.165, 1.54) is 24.4 Å². The molecule has 29 heavy (non-hydrogen) atoms. The van der Waals surface area contributed by atoms with Crippen molar-refractivity contribution < 1.29 is 27.9 Å². The molecule has 2 aromatic heterocycles. The Balaban J connectivity index is 1.81. The van der Waals surface area contributed by atoms with Crippen molar-refractivity contribution in [2.24, 2.45) is 0 Å². The molecule has 0 aliphatic carbocycles. The second-order valence-corrected chi connectivity index (χ2v) is 7.99. The summed E-state index contributed by atoms with van der Waals surface area (Å²) in [4.78, 5) is 42.4. The zero-order valence-electron chi connectivity index (χ0n) is 14.5. The third-order valence-electron chi connectivity index (χ3n) is 3.80. The van der Waals surface area contributed by atoms with Crippen molar-refractivity contribution >= 4 is 50.9 Å². The van der Waals surface area contributed by atoms with E-state index in [4.69, 9.17) is 5.11 Å². The van der Waals surface area contributed by atoms with Crippen molar-refractivity contribution in [1.82, 2.24) is 9.97 Å². The molecule has 1 amide bonds. The summed E-state index contributed by atoms with van der Waals surface area (Å²) in [7, 11) is 0. The lowest BCUT2D eigenvalue weighted by atomic mass is 10.1. The summed E-state index contributed by atoms with van der Waals surface area (Å²) in [6.45, 7) is 1.44. The number of carboxylic acid groups (broad SMARTS) is 1. The molecule has 0 aliphatic rings. The van der Waals surface area contributed by atoms with Crippen LogP contribution in [0.15, 0.2) is 39.6 Å². The number of fused-ring (bicyclic) bond motifs is 1. The molecule has 12 heteroatoms. The lowest BCUT2D eigenvalue weighted by Crippen LogP contribution is -2.25. The molecule has 0 saturated heterocycles. The van der Waals surface area contributed by atoms with Crippen LogP contribution in [-0.4, -0.2) is 32.2 Å². The molecule has 3 aromatic rings. The van der Waals surface area contributed by atoms with Crippen molar-refractivity contribution in [3.05, 3.63) is 51.1 Å². The first-order valence-corrected chi connectivity index (χ1v) is 9.72. The second kappa shape index (κ2) is 7.87. The van der Waals surface area contributed by atoms with Crippen molar-refractivity contribution in [2.45, 2.75) is 23.5 Å². The summed E-state index contributed by atoms with van der Waals surface area (Å²) in [5.74, 6) is -1.98. The lowest BCUT2D eigenvalue weighted by molar-refractivity contribution is -0.137. The number of aromatic amines is 1. The average Bonchev–Trinajstić information content (AvgIpc) is 3.06. The highest BCUT2D eigenvalue weighted by Crippen LogP contribution is 2.35. The van der Waals surface area contributed by atoms with Crippen LogP contribution in [0.5, 0.6) is 0 Å². The van der Waals surface area contributed by atoms with Gasteiger partial charge in [0, 0.05) is 5.38 Å². The number of carbonyl (C=O) groups is 2. The van der Waals surface area contributed by atoms with Crippen LogP contribution in [-0.2, 0) is 11.0 Å². The smallest absolute Gasteiger partial charge is 0.418 e. The van der Waals surface area contributed by atoms with Gasteiger partial charge in [-0.25, -0.2) is 9.78 Å².